The molecule has 2 atom stereocenters. The van der Waals surface area contributed by atoms with Crippen LogP contribution in [0.4, 0.5) is 0 Å². The van der Waals surface area contributed by atoms with Crippen LogP contribution in [0.15, 0.2) is 0 Å². The second-order valence-electron chi connectivity index (χ2n) is 6.62. The van der Waals surface area contributed by atoms with Crippen LogP contribution in [-0.4, -0.2) is 53.4 Å². The predicted molar refractivity (Wildman–Crippen MR) is 105 cm³/mol. The van der Waals surface area contributed by atoms with E-state index in [4.69, 9.17) is 17.2 Å². The van der Waals surface area contributed by atoms with E-state index in [0.29, 0.717) is 18.7 Å². The molecule has 0 unspecified atom stereocenters. The summed E-state index contributed by atoms with van der Waals surface area (Å²) in [6.07, 6.45) is 2.04. The highest BCUT2D eigenvalue weighted by molar-refractivity contribution is 8.77. The molecular formula is C15H31N5O3S2. The first-order valence-electron chi connectivity index (χ1n) is 8.19. The van der Waals surface area contributed by atoms with Gasteiger partial charge in [-0.2, -0.15) is 0 Å². The number of amides is 3. The van der Waals surface area contributed by atoms with E-state index in [9.17, 15) is 14.4 Å². The first kappa shape index (κ1) is 24.0. The molecule has 0 aromatic heterocycles. The van der Waals surface area contributed by atoms with Gasteiger partial charge < -0.3 is 27.8 Å². The second kappa shape index (κ2) is 12.4. The van der Waals surface area contributed by atoms with Gasteiger partial charge in [0.15, 0.2) is 0 Å². The zero-order chi connectivity index (χ0) is 19.5. The summed E-state index contributed by atoms with van der Waals surface area (Å²) < 4.78 is 0.0154. The Morgan fingerprint density at radius 1 is 1.12 bits per heavy atom. The minimum Gasteiger partial charge on any atom is -0.368 e. The molecule has 0 spiro atoms. The fraction of sp³-hybridized carbons (Fsp3) is 0.800. The molecule has 0 bridgehead atoms. The van der Waals surface area contributed by atoms with Gasteiger partial charge >= 0.3 is 0 Å². The fourth-order valence-corrected chi connectivity index (χ4v) is 4.14. The Bertz CT molecular complexity index is 443. The summed E-state index contributed by atoms with van der Waals surface area (Å²) in [6, 6.07) is -1.48. The highest BCUT2D eigenvalue weighted by atomic mass is 33.1. The van der Waals surface area contributed by atoms with Crippen LogP contribution < -0.4 is 27.8 Å². The third-order valence-corrected chi connectivity index (χ3v) is 6.27. The van der Waals surface area contributed by atoms with E-state index < -0.39 is 29.8 Å². The number of carbonyl (C=O) groups excluding carboxylic acids is 3. The molecule has 146 valence electrons. The zero-order valence-electron chi connectivity index (χ0n) is 15.2. The highest BCUT2D eigenvalue weighted by Crippen LogP contribution is 2.35. The van der Waals surface area contributed by atoms with Crippen molar-refractivity contribution in [2.45, 2.75) is 56.9 Å². The second-order valence-corrected chi connectivity index (χ2v) is 9.78. The van der Waals surface area contributed by atoms with Gasteiger partial charge in [0.05, 0.1) is 12.6 Å². The van der Waals surface area contributed by atoms with Crippen molar-refractivity contribution < 1.29 is 14.4 Å². The number of rotatable bonds is 12. The summed E-state index contributed by atoms with van der Waals surface area (Å²) in [7, 11) is 3.08. The summed E-state index contributed by atoms with van der Waals surface area (Å²) in [6.45, 7) is 6.44. The first-order chi connectivity index (χ1) is 11.6. The van der Waals surface area contributed by atoms with Gasteiger partial charge in [-0.15, -0.1) is 0 Å². The highest BCUT2D eigenvalue weighted by Gasteiger charge is 2.25. The van der Waals surface area contributed by atoms with E-state index in [2.05, 4.69) is 31.4 Å². The van der Waals surface area contributed by atoms with Crippen LogP contribution in [0.2, 0.25) is 0 Å². The molecule has 0 heterocycles. The van der Waals surface area contributed by atoms with Crippen molar-refractivity contribution in [2.24, 2.45) is 17.2 Å². The standard InChI is InChI=1S/C15H31N5O3S2/c1-15(2,3)25-24-9-11(14(23)19-8-12(18)21)20-13(22)10(17)6-4-5-7-16/h10-11H,4-9,16-17H2,1-3H3,(H2,18,21)(H,19,23)(H,20,22)/t10-,11-/m0/s1. The number of nitrogens with two attached hydrogens (primary N) is 3. The van der Waals surface area contributed by atoms with Gasteiger partial charge in [0, 0.05) is 10.5 Å². The fourth-order valence-electron chi connectivity index (χ4n) is 1.68. The monoisotopic (exact) mass is 393 g/mol. The number of carbonyl (C=O) groups is 3. The van der Waals surface area contributed by atoms with Crippen LogP contribution in [-0.2, 0) is 14.4 Å². The topological polar surface area (TPSA) is 153 Å². The summed E-state index contributed by atoms with van der Waals surface area (Å²) >= 11 is 0. The Morgan fingerprint density at radius 2 is 1.76 bits per heavy atom. The quantitative estimate of drug-likeness (QED) is 0.225. The summed E-state index contributed by atoms with van der Waals surface area (Å²) in [5.41, 5.74) is 16.3. The van der Waals surface area contributed by atoms with E-state index in [1.807, 2.05) is 0 Å². The summed E-state index contributed by atoms with van der Waals surface area (Å²) in [4.78, 5) is 35.2. The van der Waals surface area contributed by atoms with Crippen LogP contribution >= 0.6 is 21.6 Å². The van der Waals surface area contributed by atoms with Crippen molar-refractivity contribution in [2.75, 3.05) is 18.8 Å². The average molecular weight is 394 g/mol. The van der Waals surface area contributed by atoms with Crippen molar-refractivity contribution in [1.82, 2.24) is 10.6 Å². The van der Waals surface area contributed by atoms with Gasteiger partial charge in [0.1, 0.15) is 6.04 Å². The molecule has 0 aromatic carbocycles. The smallest absolute Gasteiger partial charge is 0.243 e. The minimum atomic E-state index is -0.785. The lowest BCUT2D eigenvalue weighted by atomic mass is 10.1. The SMILES string of the molecule is CC(C)(C)SSC[C@H](NC(=O)[C@@H](N)CCCCN)C(=O)NCC(N)=O. The molecule has 0 saturated carbocycles. The Hall–Kier alpha value is -0.970. The van der Waals surface area contributed by atoms with E-state index in [0.717, 1.165) is 12.8 Å². The lowest BCUT2D eigenvalue weighted by Crippen LogP contribution is -2.53. The average Bonchev–Trinajstić information content (AvgIpc) is 2.50. The lowest BCUT2D eigenvalue weighted by molar-refractivity contribution is -0.130. The maximum absolute atomic E-state index is 12.2. The predicted octanol–water partition coefficient (Wildman–Crippen LogP) is -0.291. The van der Waals surface area contributed by atoms with Gasteiger partial charge in [-0.05, 0) is 19.4 Å². The molecule has 0 fully saturated rings. The molecule has 8 nitrogen and oxygen atoms in total. The number of primary amides is 1. The van der Waals surface area contributed by atoms with Crippen molar-refractivity contribution in [1.29, 1.82) is 0 Å². The molecule has 0 saturated heterocycles. The summed E-state index contributed by atoms with van der Waals surface area (Å²) in [5.74, 6) is -1.14. The molecule has 0 aliphatic carbocycles. The minimum absolute atomic E-state index is 0.0154. The van der Waals surface area contributed by atoms with Crippen molar-refractivity contribution in [3.8, 4) is 0 Å². The number of unbranched alkanes of at least 4 members (excludes halogenated alkanes) is 1. The van der Waals surface area contributed by atoms with E-state index >= 15 is 0 Å². The molecule has 10 heteroatoms. The Labute approximate surface area is 157 Å². The molecule has 0 aromatic rings. The molecule has 0 rings (SSSR count). The van der Waals surface area contributed by atoms with Crippen LogP contribution in [0.25, 0.3) is 0 Å². The van der Waals surface area contributed by atoms with E-state index in [1.165, 1.54) is 10.8 Å². The van der Waals surface area contributed by atoms with Crippen LogP contribution in [0.1, 0.15) is 40.0 Å². The molecular weight excluding hydrogens is 362 g/mol. The zero-order valence-corrected chi connectivity index (χ0v) is 16.8. The van der Waals surface area contributed by atoms with Crippen LogP contribution in [0.5, 0.6) is 0 Å². The van der Waals surface area contributed by atoms with Crippen molar-refractivity contribution >= 4 is 39.3 Å². The molecule has 3 amide bonds. The third kappa shape index (κ3) is 13.0. The number of hydrogen-bond donors (Lipinski definition) is 5. The van der Waals surface area contributed by atoms with Gasteiger partial charge in [-0.3, -0.25) is 14.4 Å². The Balaban J connectivity index is 4.66. The van der Waals surface area contributed by atoms with Crippen molar-refractivity contribution in [3.63, 3.8) is 0 Å². The van der Waals surface area contributed by atoms with Gasteiger partial charge in [-0.1, -0.05) is 48.8 Å². The Morgan fingerprint density at radius 3 is 2.28 bits per heavy atom. The molecule has 25 heavy (non-hydrogen) atoms. The number of hydrogen-bond acceptors (Lipinski definition) is 7. The maximum Gasteiger partial charge on any atom is 0.243 e. The van der Waals surface area contributed by atoms with Gasteiger partial charge in [0.25, 0.3) is 0 Å². The van der Waals surface area contributed by atoms with Crippen LogP contribution in [0, 0.1) is 0 Å². The third-order valence-electron chi connectivity index (χ3n) is 2.92. The maximum atomic E-state index is 12.2. The van der Waals surface area contributed by atoms with Crippen molar-refractivity contribution in [3.05, 3.63) is 0 Å². The van der Waals surface area contributed by atoms with Crippen LogP contribution in [0.3, 0.4) is 0 Å². The van der Waals surface area contributed by atoms with Gasteiger partial charge in [0.2, 0.25) is 17.7 Å². The van der Waals surface area contributed by atoms with Gasteiger partial charge in [-0.25, -0.2) is 0 Å². The molecule has 0 aliphatic heterocycles. The van der Waals surface area contributed by atoms with E-state index in [-0.39, 0.29) is 11.3 Å². The first-order valence-corrected chi connectivity index (χ1v) is 10.5. The van der Waals surface area contributed by atoms with E-state index in [1.54, 1.807) is 10.8 Å². The largest absolute Gasteiger partial charge is 0.368 e. The Kier molecular flexibility index (Phi) is 11.9. The lowest BCUT2D eigenvalue weighted by Gasteiger charge is -2.22. The summed E-state index contributed by atoms with van der Waals surface area (Å²) in [5, 5.41) is 5.08. The molecule has 0 radical (unpaired) electrons. The molecule has 8 N–H and O–H groups in total. The molecule has 0 aliphatic rings. The number of nitrogens with one attached hydrogen (secondary N) is 2. The normalized spacial score (nSPS) is 13.8.